The van der Waals surface area contributed by atoms with E-state index in [2.05, 4.69) is 85.2 Å². The second-order valence-electron chi connectivity index (χ2n) is 7.91. The molecule has 0 aliphatic carbocycles. The third-order valence-electron chi connectivity index (χ3n) is 5.38. The average Bonchev–Trinajstić information content (AvgIpc) is 3.39. The molecule has 0 saturated carbocycles. The van der Waals surface area contributed by atoms with Gasteiger partial charge in [-0.05, 0) is 75.9 Å². The molecule has 0 aliphatic heterocycles. The number of hydrogen-bond acceptors (Lipinski definition) is 5. The highest BCUT2D eigenvalue weighted by Gasteiger charge is 2.12. The summed E-state index contributed by atoms with van der Waals surface area (Å²) in [4.78, 5) is 6.12. The minimum atomic E-state index is 0.758. The van der Waals surface area contributed by atoms with Crippen molar-refractivity contribution in [1.29, 1.82) is 0 Å². The smallest absolute Gasteiger partial charge is 0.0955 e. The lowest BCUT2D eigenvalue weighted by Crippen LogP contribution is -1.99. The molecule has 1 heterocycles. The summed E-state index contributed by atoms with van der Waals surface area (Å²) < 4.78 is 0. The van der Waals surface area contributed by atoms with E-state index in [1.807, 2.05) is 55.5 Å². The standard InChI is InChI=1S/C27H34N4S.3C2H6/c1-5-24(22-13-11-21(12-14-22)8-6-7-17-28)30-20(3)27-25(29-4)18-26(32-27)31-23-15-9-19(2)10-16-23;3*1-2/h5,9-16,18,29,31H,6-8,17,28H2,1-4H3;3*1-2H3/b24-5-,30-20?;;;. The number of anilines is 3. The maximum atomic E-state index is 5.61. The van der Waals surface area contributed by atoms with E-state index in [4.69, 9.17) is 10.7 Å². The van der Waals surface area contributed by atoms with Crippen molar-refractivity contribution in [3.05, 3.63) is 82.2 Å². The van der Waals surface area contributed by atoms with Crippen molar-refractivity contribution >= 4 is 39.1 Å². The highest BCUT2D eigenvalue weighted by Crippen LogP contribution is 2.34. The molecule has 4 N–H and O–H groups in total. The molecule has 3 aromatic rings. The number of allylic oxidation sites excluding steroid dienone is 1. The van der Waals surface area contributed by atoms with Crippen LogP contribution in [0.3, 0.4) is 0 Å². The van der Waals surface area contributed by atoms with E-state index in [1.165, 1.54) is 11.1 Å². The second kappa shape index (κ2) is 21.1. The number of thiophene rings is 1. The highest BCUT2D eigenvalue weighted by molar-refractivity contribution is 7.18. The van der Waals surface area contributed by atoms with Gasteiger partial charge < -0.3 is 16.4 Å². The normalized spacial score (nSPS) is 10.7. The van der Waals surface area contributed by atoms with Crippen molar-refractivity contribution in [2.45, 2.75) is 81.6 Å². The maximum absolute atomic E-state index is 5.61. The van der Waals surface area contributed by atoms with Crippen molar-refractivity contribution in [1.82, 2.24) is 0 Å². The topological polar surface area (TPSA) is 62.4 Å². The SMILES string of the molecule is C/C=C(\N=C(C)c1sc(Nc2ccc(C)cc2)cc1NC)c1ccc(CCCCN)cc1.CC.CC.CC. The fourth-order valence-electron chi connectivity index (χ4n) is 3.53. The van der Waals surface area contributed by atoms with E-state index in [9.17, 15) is 0 Å². The summed E-state index contributed by atoms with van der Waals surface area (Å²) in [7, 11) is 1.95. The van der Waals surface area contributed by atoms with Gasteiger partial charge in [-0.1, -0.05) is 89.6 Å². The zero-order valence-electron chi connectivity index (χ0n) is 25.5. The zero-order chi connectivity index (χ0) is 28.9. The summed E-state index contributed by atoms with van der Waals surface area (Å²) in [6.07, 6.45) is 5.35. The third-order valence-corrected chi connectivity index (χ3v) is 6.54. The van der Waals surface area contributed by atoms with E-state index >= 15 is 0 Å². The van der Waals surface area contributed by atoms with E-state index < -0.39 is 0 Å². The maximum Gasteiger partial charge on any atom is 0.0955 e. The van der Waals surface area contributed by atoms with Crippen molar-refractivity contribution in [3.63, 3.8) is 0 Å². The Bertz CT molecular complexity index is 1060. The van der Waals surface area contributed by atoms with Crippen LogP contribution in [0.2, 0.25) is 0 Å². The number of unbranched alkanes of at least 4 members (excludes halogenated alkanes) is 1. The van der Waals surface area contributed by atoms with E-state index in [1.54, 1.807) is 11.3 Å². The first-order chi connectivity index (χ1) is 18.5. The summed E-state index contributed by atoms with van der Waals surface area (Å²) in [6, 6.07) is 19.3. The Hall–Kier alpha value is -2.89. The fourth-order valence-corrected chi connectivity index (χ4v) is 4.56. The van der Waals surface area contributed by atoms with Crippen LogP contribution in [-0.4, -0.2) is 19.3 Å². The van der Waals surface area contributed by atoms with E-state index in [0.717, 1.165) is 64.0 Å². The Morgan fingerprint density at radius 1 is 0.921 bits per heavy atom. The van der Waals surface area contributed by atoms with Crippen LogP contribution in [0.4, 0.5) is 16.4 Å². The molecule has 0 radical (unpaired) electrons. The molecule has 0 bridgehead atoms. The van der Waals surface area contributed by atoms with Gasteiger partial charge in [0.1, 0.15) is 0 Å². The fraction of sp³-hybridized carbons (Fsp3) is 0.424. The lowest BCUT2D eigenvalue weighted by atomic mass is 10.0. The molecular formula is C33H52N4S. The molecule has 0 spiro atoms. The highest BCUT2D eigenvalue weighted by atomic mass is 32.1. The lowest BCUT2D eigenvalue weighted by Gasteiger charge is -2.07. The Balaban J connectivity index is 0.00000213. The first-order valence-electron chi connectivity index (χ1n) is 14.2. The van der Waals surface area contributed by atoms with Gasteiger partial charge in [-0.15, -0.1) is 11.3 Å². The largest absolute Gasteiger partial charge is 0.387 e. The minimum Gasteiger partial charge on any atom is -0.387 e. The molecule has 5 heteroatoms. The lowest BCUT2D eigenvalue weighted by molar-refractivity contribution is 0.745. The predicted octanol–water partition coefficient (Wildman–Crippen LogP) is 10.1. The number of nitrogens with two attached hydrogens (primary N) is 1. The van der Waals surface area contributed by atoms with Gasteiger partial charge in [0.15, 0.2) is 0 Å². The average molecular weight is 537 g/mol. The van der Waals surface area contributed by atoms with Gasteiger partial charge in [0, 0.05) is 12.7 Å². The van der Waals surface area contributed by atoms with Gasteiger partial charge in [-0.2, -0.15) is 0 Å². The summed E-state index contributed by atoms with van der Waals surface area (Å²) in [5.41, 5.74) is 13.5. The third kappa shape index (κ3) is 11.7. The van der Waals surface area contributed by atoms with Gasteiger partial charge in [-0.3, -0.25) is 4.99 Å². The van der Waals surface area contributed by atoms with Gasteiger partial charge in [-0.25, -0.2) is 0 Å². The first kappa shape index (κ1) is 35.1. The van der Waals surface area contributed by atoms with Crippen LogP contribution in [0.5, 0.6) is 0 Å². The van der Waals surface area contributed by atoms with Crippen molar-refractivity contribution < 1.29 is 0 Å². The van der Waals surface area contributed by atoms with Crippen LogP contribution in [0.25, 0.3) is 5.70 Å². The molecule has 1 aromatic heterocycles. The number of benzene rings is 2. The van der Waals surface area contributed by atoms with Gasteiger partial charge in [0.25, 0.3) is 0 Å². The molecule has 0 aliphatic rings. The van der Waals surface area contributed by atoms with Crippen LogP contribution < -0.4 is 16.4 Å². The number of aliphatic imine (C=N–C) groups is 1. The number of aryl methyl sites for hydroxylation is 2. The number of rotatable bonds is 10. The monoisotopic (exact) mass is 536 g/mol. The Morgan fingerprint density at radius 2 is 1.53 bits per heavy atom. The first-order valence-corrected chi connectivity index (χ1v) is 15.0. The molecular weight excluding hydrogens is 484 g/mol. The quantitative estimate of drug-likeness (QED) is 0.178. The van der Waals surface area contributed by atoms with Crippen LogP contribution in [0.15, 0.2) is 65.7 Å². The molecule has 0 unspecified atom stereocenters. The second-order valence-corrected chi connectivity index (χ2v) is 8.96. The number of hydrogen-bond donors (Lipinski definition) is 3. The molecule has 0 amide bonds. The number of nitrogens with one attached hydrogen (secondary N) is 2. The molecule has 210 valence electrons. The molecule has 4 nitrogen and oxygen atoms in total. The molecule has 38 heavy (non-hydrogen) atoms. The number of nitrogens with zero attached hydrogens (tertiary/aromatic N) is 1. The minimum absolute atomic E-state index is 0.758. The van der Waals surface area contributed by atoms with Crippen LogP contribution in [0.1, 0.15) is 89.8 Å². The van der Waals surface area contributed by atoms with Gasteiger partial charge in [0.2, 0.25) is 0 Å². The Kier molecular flexibility index (Phi) is 19.5. The van der Waals surface area contributed by atoms with Crippen molar-refractivity contribution in [2.24, 2.45) is 10.7 Å². The van der Waals surface area contributed by atoms with E-state index in [0.29, 0.717) is 0 Å². The molecule has 3 rings (SSSR count). The van der Waals surface area contributed by atoms with Crippen LogP contribution >= 0.6 is 11.3 Å². The molecule has 0 saturated heterocycles. The summed E-state index contributed by atoms with van der Waals surface area (Å²) >= 11 is 1.71. The predicted molar refractivity (Wildman–Crippen MR) is 177 cm³/mol. The van der Waals surface area contributed by atoms with Crippen molar-refractivity contribution in [3.8, 4) is 0 Å². The molecule has 0 atom stereocenters. The molecule has 2 aromatic carbocycles. The van der Waals surface area contributed by atoms with Gasteiger partial charge in [0.05, 0.1) is 27.0 Å². The summed E-state index contributed by atoms with van der Waals surface area (Å²) in [6.45, 7) is 19.0. The Morgan fingerprint density at radius 3 is 2.05 bits per heavy atom. The Labute approximate surface area is 237 Å². The zero-order valence-corrected chi connectivity index (χ0v) is 26.4. The van der Waals surface area contributed by atoms with Crippen molar-refractivity contribution in [2.75, 3.05) is 24.2 Å². The van der Waals surface area contributed by atoms with E-state index in [-0.39, 0.29) is 0 Å². The van der Waals surface area contributed by atoms with Crippen LogP contribution in [-0.2, 0) is 6.42 Å². The van der Waals surface area contributed by atoms with Gasteiger partial charge >= 0.3 is 0 Å². The van der Waals surface area contributed by atoms with Crippen LogP contribution in [0, 0.1) is 6.92 Å². The summed E-state index contributed by atoms with van der Waals surface area (Å²) in [5, 5.41) is 7.91. The summed E-state index contributed by atoms with van der Waals surface area (Å²) in [5.74, 6) is 0. The molecule has 0 fully saturated rings.